The van der Waals surface area contributed by atoms with Crippen LogP contribution in [0.5, 0.6) is 5.75 Å². The van der Waals surface area contributed by atoms with Crippen LogP contribution in [0, 0.1) is 5.92 Å². The molecule has 1 fully saturated rings. The Balaban J connectivity index is 1.71. The van der Waals surface area contributed by atoms with Crippen molar-refractivity contribution < 1.29 is 32.2 Å². The molecule has 1 saturated heterocycles. The minimum atomic E-state index is -3.47. The number of carbonyl (C=O) groups is 2. The Morgan fingerprint density at radius 3 is 2.33 bits per heavy atom. The summed E-state index contributed by atoms with van der Waals surface area (Å²) in [6, 6.07) is 6.99. The zero-order chi connectivity index (χ0) is 28.9. The summed E-state index contributed by atoms with van der Waals surface area (Å²) in [6.45, 7) is 9.73. The number of unbranched alkanes of at least 4 members (excludes halogenated alkanes) is 2. The van der Waals surface area contributed by atoms with Crippen molar-refractivity contribution in [3.8, 4) is 5.75 Å². The van der Waals surface area contributed by atoms with E-state index in [1.54, 1.807) is 0 Å². The number of hydrogen-bond acceptors (Lipinski definition) is 7. The number of hydrogen-bond donors (Lipinski definition) is 1. The van der Waals surface area contributed by atoms with Gasteiger partial charge in [-0.05, 0) is 82.9 Å². The first-order valence-electron chi connectivity index (χ1n) is 14.2. The normalized spacial score (nSPS) is 15.6. The quantitative estimate of drug-likeness (QED) is 0.232. The molecule has 0 radical (unpaired) electrons. The second-order valence-electron chi connectivity index (χ2n) is 11.4. The van der Waals surface area contributed by atoms with E-state index in [1.807, 2.05) is 56.9 Å². The maximum absolute atomic E-state index is 12.4. The molecule has 0 saturated carbocycles. The van der Waals surface area contributed by atoms with Crippen molar-refractivity contribution in [1.29, 1.82) is 0 Å². The van der Waals surface area contributed by atoms with Crippen molar-refractivity contribution in [2.45, 2.75) is 97.1 Å². The van der Waals surface area contributed by atoms with Gasteiger partial charge in [0, 0.05) is 19.1 Å². The van der Waals surface area contributed by atoms with Crippen molar-refractivity contribution >= 4 is 22.1 Å². The van der Waals surface area contributed by atoms with Crippen LogP contribution in [0.3, 0.4) is 0 Å². The number of nitrogens with one attached hydrogen (secondary N) is 1. The lowest BCUT2D eigenvalue weighted by atomic mass is 9.92. The number of sulfonamides is 1. The van der Waals surface area contributed by atoms with Crippen molar-refractivity contribution in [2.24, 2.45) is 5.92 Å². The molecule has 2 rings (SSSR count). The average Bonchev–Trinajstić information content (AvgIpc) is 2.87. The lowest BCUT2D eigenvalue weighted by Crippen LogP contribution is -2.41. The van der Waals surface area contributed by atoms with Gasteiger partial charge in [-0.1, -0.05) is 31.9 Å². The monoisotopic (exact) mass is 568 g/mol. The highest BCUT2D eigenvalue weighted by atomic mass is 32.2. The SMILES string of the molecule is CCCCS(=O)(=O)NC(CC(=O)OC)Cc1ccc(OCCCCC2CCN(C(=O)OC(C)(C)C)CC2)cc1. The van der Waals surface area contributed by atoms with Crippen molar-refractivity contribution in [1.82, 2.24) is 9.62 Å². The molecule has 1 aromatic rings. The van der Waals surface area contributed by atoms with Crippen molar-refractivity contribution in [3.05, 3.63) is 29.8 Å². The summed E-state index contributed by atoms with van der Waals surface area (Å²) >= 11 is 0. The second kappa shape index (κ2) is 16.1. The van der Waals surface area contributed by atoms with Crippen molar-refractivity contribution in [3.63, 3.8) is 0 Å². The lowest BCUT2D eigenvalue weighted by molar-refractivity contribution is -0.141. The zero-order valence-electron chi connectivity index (χ0n) is 24.4. The molecule has 0 aliphatic carbocycles. The number of amides is 1. The molecule has 1 N–H and O–H groups in total. The number of benzene rings is 1. The zero-order valence-corrected chi connectivity index (χ0v) is 25.2. The van der Waals surface area contributed by atoms with Gasteiger partial charge >= 0.3 is 12.1 Å². The summed E-state index contributed by atoms with van der Waals surface area (Å²) in [4.78, 5) is 25.9. The van der Waals surface area contributed by atoms with Gasteiger partial charge in [0.05, 0.1) is 25.9 Å². The Morgan fingerprint density at radius 2 is 1.74 bits per heavy atom. The predicted molar refractivity (Wildman–Crippen MR) is 152 cm³/mol. The molecule has 1 atom stereocenters. The van der Waals surface area contributed by atoms with Crippen molar-refractivity contribution in [2.75, 3.05) is 32.6 Å². The number of likely N-dealkylation sites (tertiary alicyclic amines) is 1. The molecule has 222 valence electrons. The van der Waals surface area contributed by atoms with Gasteiger partial charge in [-0.2, -0.15) is 0 Å². The summed E-state index contributed by atoms with van der Waals surface area (Å²) in [6.07, 6.45) is 6.65. The third-order valence-corrected chi connectivity index (χ3v) is 8.22. The fraction of sp³-hybridized carbons (Fsp3) is 0.724. The van der Waals surface area contributed by atoms with Gasteiger partial charge in [-0.3, -0.25) is 4.79 Å². The van der Waals surface area contributed by atoms with E-state index >= 15 is 0 Å². The first-order chi connectivity index (χ1) is 18.4. The highest BCUT2D eigenvalue weighted by molar-refractivity contribution is 7.89. The predicted octanol–water partition coefficient (Wildman–Crippen LogP) is 5.08. The molecular weight excluding hydrogens is 520 g/mol. The molecule has 1 aliphatic rings. The van der Waals surface area contributed by atoms with E-state index < -0.39 is 27.6 Å². The molecule has 1 aliphatic heterocycles. The maximum atomic E-state index is 12.4. The maximum Gasteiger partial charge on any atom is 0.410 e. The summed E-state index contributed by atoms with van der Waals surface area (Å²) < 4.78 is 43.5. The average molecular weight is 569 g/mol. The number of esters is 1. The molecule has 0 bridgehead atoms. The topological polar surface area (TPSA) is 111 Å². The van der Waals surface area contributed by atoms with E-state index in [2.05, 4.69) is 4.72 Å². The van der Waals surface area contributed by atoms with Crippen LogP contribution in [0.1, 0.15) is 84.6 Å². The number of nitrogens with zero attached hydrogens (tertiary/aromatic N) is 1. The van der Waals surface area contributed by atoms with Gasteiger partial charge in [0.2, 0.25) is 10.0 Å². The van der Waals surface area contributed by atoms with Gasteiger partial charge in [0.1, 0.15) is 11.4 Å². The van der Waals surface area contributed by atoms with Crippen LogP contribution in [-0.4, -0.2) is 69.6 Å². The molecule has 10 heteroatoms. The van der Waals surface area contributed by atoms with Crippen LogP contribution in [0.25, 0.3) is 0 Å². The molecule has 1 aromatic carbocycles. The highest BCUT2D eigenvalue weighted by Crippen LogP contribution is 2.24. The Kier molecular flexibility index (Phi) is 13.5. The van der Waals surface area contributed by atoms with Gasteiger partial charge in [-0.15, -0.1) is 0 Å². The molecule has 9 nitrogen and oxygen atoms in total. The van der Waals surface area contributed by atoms with E-state index in [-0.39, 0.29) is 18.3 Å². The molecule has 0 aromatic heterocycles. The fourth-order valence-corrected chi connectivity index (χ4v) is 6.01. The minimum absolute atomic E-state index is 0.0276. The first-order valence-corrected chi connectivity index (χ1v) is 15.8. The van der Waals surface area contributed by atoms with E-state index in [9.17, 15) is 18.0 Å². The largest absolute Gasteiger partial charge is 0.494 e. The number of carbonyl (C=O) groups excluding carboxylic acids is 2. The summed E-state index contributed by atoms with van der Waals surface area (Å²) in [5.74, 6) is 0.976. The molecular formula is C29H48N2O7S. The number of piperidine rings is 1. The molecule has 1 heterocycles. The Labute approximate surface area is 235 Å². The van der Waals surface area contributed by atoms with Gasteiger partial charge in [0.25, 0.3) is 0 Å². The minimum Gasteiger partial charge on any atom is -0.494 e. The molecule has 1 unspecified atom stereocenters. The van der Waals surface area contributed by atoms with E-state index in [0.717, 1.165) is 62.9 Å². The van der Waals surface area contributed by atoms with E-state index in [0.29, 0.717) is 25.4 Å². The highest BCUT2D eigenvalue weighted by Gasteiger charge is 2.26. The van der Waals surface area contributed by atoms with E-state index in [4.69, 9.17) is 14.2 Å². The van der Waals surface area contributed by atoms with E-state index in [1.165, 1.54) is 7.11 Å². The fourth-order valence-electron chi connectivity index (χ4n) is 4.55. The van der Waals surface area contributed by atoms with Crippen LogP contribution in [0.2, 0.25) is 0 Å². The summed E-state index contributed by atoms with van der Waals surface area (Å²) in [5.41, 5.74) is 0.447. The number of ether oxygens (including phenoxy) is 3. The Morgan fingerprint density at radius 1 is 1.08 bits per heavy atom. The van der Waals surface area contributed by atoms with Crippen LogP contribution in [0.4, 0.5) is 4.79 Å². The molecule has 39 heavy (non-hydrogen) atoms. The van der Waals surface area contributed by atoms with Gasteiger partial charge in [-0.25, -0.2) is 17.9 Å². The van der Waals surface area contributed by atoms with Crippen LogP contribution < -0.4 is 9.46 Å². The van der Waals surface area contributed by atoms with Crippen LogP contribution in [0.15, 0.2) is 24.3 Å². The molecule has 0 spiro atoms. The second-order valence-corrected chi connectivity index (χ2v) is 13.2. The Bertz CT molecular complexity index is 982. The summed E-state index contributed by atoms with van der Waals surface area (Å²) in [5, 5.41) is 0. The van der Waals surface area contributed by atoms with Gasteiger partial charge in [0.15, 0.2) is 0 Å². The summed E-state index contributed by atoms with van der Waals surface area (Å²) in [7, 11) is -2.17. The third kappa shape index (κ3) is 13.5. The lowest BCUT2D eigenvalue weighted by Gasteiger charge is -2.33. The standard InChI is InChI=1S/C29H48N2O7S/c1-6-7-20-39(34,35)30-25(22-27(32)36-5)21-24-11-13-26(14-12-24)37-19-9-8-10-23-15-17-31(18-16-23)28(33)38-29(2,3)4/h11-14,23,25,30H,6-10,15-22H2,1-5H3. The smallest absolute Gasteiger partial charge is 0.410 e. The molecule has 1 amide bonds. The first kappa shape index (κ1) is 32.9. The number of methoxy groups -OCH3 is 1. The van der Waals surface area contributed by atoms with Crippen LogP contribution >= 0.6 is 0 Å². The van der Waals surface area contributed by atoms with Gasteiger partial charge < -0.3 is 19.1 Å². The van der Waals surface area contributed by atoms with Crippen LogP contribution in [-0.2, 0) is 30.7 Å². The number of rotatable bonds is 15. The third-order valence-electron chi connectivity index (χ3n) is 6.70. The Hall–Kier alpha value is -2.33.